The fourth-order valence-corrected chi connectivity index (χ4v) is 2.46. The minimum atomic E-state index is 0.606. The highest BCUT2D eigenvalue weighted by Crippen LogP contribution is 2.18. The second-order valence-corrected chi connectivity index (χ2v) is 5.62. The molecule has 1 atom stereocenters. The summed E-state index contributed by atoms with van der Waals surface area (Å²) in [4.78, 5) is 2.53. The molecule has 0 spiro atoms. The molecule has 0 aromatic heterocycles. The zero-order valence-corrected chi connectivity index (χ0v) is 11.9. The fraction of sp³-hybridized carbons (Fsp3) is 0.625. The summed E-state index contributed by atoms with van der Waals surface area (Å²) in [7, 11) is 0. The van der Waals surface area contributed by atoms with Crippen LogP contribution in [0.5, 0.6) is 0 Å². The fourth-order valence-electron chi connectivity index (χ4n) is 2.46. The van der Waals surface area contributed by atoms with E-state index < -0.39 is 0 Å². The highest BCUT2D eigenvalue weighted by molar-refractivity contribution is 5.25. The second kappa shape index (κ2) is 6.35. The Labute approximate surface area is 111 Å². The van der Waals surface area contributed by atoms with Gasteiger partial charge in [0.25, 0.3) is 0 Å². The van der Waals surface area contributed by atoms with E-state index in [-0.39, 0.29) is 0 Å². The van der Waals surface area contributed by atoms with E-state index >= 15 is 0 Å². The van der Waals surface area contributed by atoms with Crippen LogP contribution < -0.4 is 0 Å². The minimum Gasteiger partial charge on any atom is -0.380 e. The molecule has 1 aromatic carbocycles. The van der Waals surface area contributed by atoms with Crippen LogP contribution in [0.2, 0.25) is 0 Å². The van der Waals surface area contributed by atoms with Crippen molar-refractivity contribution < 1.29 is 4.74 Å². The number of ether oxygens (including phenoxy) is 1. The summed E-state index contributed by atoms with van der Waals surface area (Å²) in [6.07, 6.45) is 1.14. The van der Waals surface area contributed by atoms with E-state index in [1.807, 2.05) is 0 Å². The average Bonchev–Trinajstić information content (AvgIpc) is 2.55. The normalized spacial score (nSPS) is 22.1. The smallest absolute Gasteiger partial charge is 0.0593 e. The first-order valence-corrected chi connectivity index (χ1v) is 7.07. The quantitative estimate of drug-likeness (QED) is 0.811. The first kappa shape index (κ1) is 13.6. The van der Waals surface area contributed by atoms with Gasteiger partial charge in [0.1, 0.15) is 0 Å². The molecule has 1 aliphatic heterocycles. The highest BCUT2D eigenvalue weighted by Gasteiger charge is 2.17. The Kier molecular flexibility index (Phi) is 4.79. The van der Waals surface area contributed by atoms with E-state index in [1.165, 1.54) is 11.1 Å². The van der Waals surface area contributed by atoms with Gasteiger partial charge in [-0.2, -0.15) is 0 Å². The molecule has 0 bridgehead atoms. The molecule has 2 rings (SSSR count). The maximum atomic E-state index is 5.55. The van der Waals surface area contributed by atoms with Gasteiger partial charge >= 0.3 is 0 Å². The van der Waals surface area contributed by atoms with Gasteiger partial charge in [0.15, 0.2) is 0 Å². The lowest BCUT2D eigenvalue weighted by atomic mass is 10.0. The van der Waals surface area contributed by atoms with Gasteiger partial charge in [-0.05, 0) is 30.4 Å². The number of nitrogens with zero attached hydrogens (tertiary/aromatic N) is 1. The Balaban J connectivity index is 2.05. The van der Waals surface area contributed by atoms with Crippen molar-refractivity contribution in [3.8, 4) is 0 Å². The van der Waals surface area contributed by atoms with E-state index in [9.17, 15) is 0 Å². The Bertz CT molecular complexity index is 375. The molecule has 100 valence electrons. The van der Waals surface area contributed by atoms with E-state index in [4.69, 9.17) is 4.74 Å². The molecule has 1 saturated heterocycles. The predicted octanol–water partition coefficient (Wildman–Crippen LogP) is 3.42. The number of benzene rings is 1. The molecule has 1 aromatic rings. The van der Waals surface area contributed by atoms with Gasteiger partial charge in [0.2, 0.25) is 0 Å². The monoisotopic (exact) mass is 247 g/mol. The van der Waals surface area contributed by atoms with Crippen molar-refractivity contribution >= 4 is 0 Å². The number of hydrogen-bond acceptors (Lipinski definition) is 2. The SMILES string of the molecule is CC(C)c1cccc(CN2CCOCC[C@H]2C)c1. The van der Waals surface area contributed by atoms with Gasteiger partial charge < -0.3 is 4.74 Å². The van der Waals surface area contributed by atoms with E-state index in [1.54, 1.807) is 0 Å². The molecule has 2 nitrogen and oxygen atoms in total. The maximum absolute atomic E-state index is 5.55. The second-order valence-electron chi connectivity index (χ2n) is 5.62. The number of hydrogen-bond donors (Lipinski definition) is 0. The molecule has 1 heterocycles. The molecule has 18 heavy (non-hydrogen) atoms. The van der Waals surface area contributed by atoms with Crippen LogP contribution in [0.25, 0.3) is 0 Å². The lowest BCUT2D eigenvalue weighted by molar-refractivity contribution is 0.139. The van der Waals surface area contributed by atoms with Crippen molar-refractivity contribution in [2.75, 3.05) is 19.8 Å². The molecular weight excluding hydrogens is 222 g/mol. The van der Waals surface area contributed by atoms with Gasteiger partial charge in [-0.3, -0.25) is 4.90 Å². The third kappa shape index (κ3) is 3.56. The maximum Gasteiger partial charge on any atom is 0.0593 e. The summed E-state index contributed by atoms with van der Waals surface area (Å²) in [6.45, 7) is 10.7. The Morgan fingerprint density at radius 2 is 2.17 bits per heavy atom. The lowest BCUT2D eigenvalue weighted by Gasteiger charge is -2.26. The standard InChI is InChI=1S/C16H25NO/c1-13(2)16-6-4-5-15(11-16)12-17-8-10-18-9-7-14(17)3/h4-6,11,13-14H,7-10,12H2,1-3H3/t14-/m1/s1. The van der Waals surface area contributed by atoms with Crippen LogP contribution in [0.3, 0.4) is 0 Å². The summed E-state index contributed by atoms with van der Waals surface area (Å²) in [6, 6.07) is 9.62. The third-order valence-electron chi connectivity index (χ3n) is 3.83. The van der Waals surface area contributed by atoms with Crippen LogP contribution >= 0.6 is 0 Å². The zero-order chi connectivity index (χ0) is 13.0. The van der Waals surface area contributed by atoms with Crippen molar-refractivity contribution in [1.29, 1.82) is 0 Å². The third-order valence-corrected chi connectivity index (χ3v) is 3.83. The molecule has 1 fully saturated rings. The first-order chi connectivity index (χ1) is 8.66. The van der Waals surface area contributed by atoms with Gasteiger partial charge in [-0.1, -0.05) is 38.1 Å². The van der Waals surface area contributed by atoms with Gasteiger partial charge in [-0.25, -0.2) is 0 Å². The van der Waals surface area contributed by atoms with Crippen LogP contribution in [0, 0.1) is 0 Å². The lowest BCUT2D eigenvalue weighted by Crippen LogP contribution is -2.33. The zero-order valence-electron chi connectivity index (χ0n) is 11.9. The van der Waals surface area contributed by atoms with Crippen molar-refractivity contribution in [2.24, 2.45) is 0 Å². The van der Waals surface area contributed by atoms with E-state index in [0.29, 0.717) is 12.0 Å². The molecular formula is C16H25NO. The number of rotatable bonds is 3. The molecule has 1 aliphatic rings. The van der Waals surface area contributed by atoms with Gasteiger partial charge in [-0.15, -0.1) is 0 Å². The molecule has 0 N–H and O–H groups in total. The molecule has 0 unspecified atom stereocenters. The first-order valence-electron chi connectivity index (χ1n) is 7.07. The highest BCUT2D eigenvalue weighted by atomic mass is 16.5. The Morgan fingerprint density at radius 3 is 2.94 bits per heavy atom. The van der Waals surface area contributed by atoms with Crippen molar-refractivity contribution in [1.82, 2.24) is 4.90 Å². The van der Waals surface area contributed by atoms with Crippen molar-refractivity contribution in [3.05, 3.63) is 35.4 Å². The Morgan fingerprint density at radius 1 is 1.33 bits per heavy atom. The summed E-state index contributed by atoms with van der Waals surface area (Å²) < 4.78 is 5.55. The van der Waals surface area contributed by atoms with Gasteiger partial charge in [0, 0.05) is 25.7 Å². The van der Waals surface area contributed by atoms with Crippen LogP contribution in [0.15, 0.2) is 24.3 Å². The van der Waals surface area contributed by atoms with E-state index in [2.05, 4.69) is 49.9 Å². The van der Waals surface area contributed by atoms with E-state index in [0.717, 1.165) is 32.7 Å². The molecule has 0 aliphatic carbocycles. The summed E-state index contributed by atoms with van der Waals surface area (Å²) in [5.74, 6) is 0.606. The minimum absolute atomic E-state index is 0.606. The predicted molar refractivity (Wildman–Crippen MR) is 75.8 cm³/mol. The van der Waals surface area contributed by atoms with Crippen LogP contribution in [-0.4, -0.2) is 30.7 Å². The van der Waals surface area contributed by atoms with Crippen LogP contribution in [0.1, 0.15) is 44.2 Å². The van der Waals surface area contributed by atoms with Gasteiger partial charge in [0.05, 0.1) is 6.61 Å². The van der Waals surface area contributed by atoms with Crippen molar-refractivity contribution in [3.63, 3.8) is 0 Å². The Hall–Kier alpha value is -0.860. The summed E-state index contributed by atoms with van der Waals surface area (Å²) in [5.41, 5.74) is 2.86. The average molecular weight is 247 g/mol. The molecule has 0 radical (unpaired) electrons. The van der Waals surface area contributed by atoms with Crippen molar-refractivity contribution in [2.45, 2.75) is 45.7 Å². The topological polar surface area (TPSA) is 12.5 Å². The molecule has 0 amide bonds. The van der Waals surface area contributed by atoms with Crippen LogP contribution in [-0.2, 0) is 11.3 Å². The summed E-state index contributed by atoms with van der Waals surface area (Å²) >= 11 is 0. The largest absolute Gasteiger partial charge is 0.380 e. The molecule has 2 heteroatoms. The summed E-state index contributed by atoms with van der Waals surface area (Å²) in [5, 5.41) is 0. The molecule has 0 saturated carbocycles. The van der Waals surface area contributed by atoms with Crippen LogP contribution in [0.4, 0.5) is 0 Å².